The molecule has 6 rings (SSSR count). The molecule has 0 aliphatic carbocycles. The first-order chi connectivity index (χ1) is 21.0. The number of anilines is 1. The molecular formula is C34H25N5O2S2. The molecule has 5 aromatic rings. The van der Waals surface area contributed by atoms with Crippen LogP contribution in [0.5, 0.6) is 0 Å². The standard InChI is InChI=1S/C34H25N5O2S2/c40-32(35-36-34(42)43)25-16-18-29(19-17-25)39-30(23-10-4-1-5-11-23)21-26(33(39)41)20-27-22-38(28-14-8-3-9-15-28)37-31(27)24-12-6-2-7-13-24/h1-22H,(H,35,40)(H2,36,42,43)/b26-20+. The summed E-state index contributed by atoms with van der Waals surface area (Å²) >= 11 is 8.78. The zero-order valence-electron chi connectivity index (χ0n) is 22.7. The van der Waals surface area contributed by atoms with Crippen molar-refractivity contribution < 1.29 is 9.59 Å². The molecule has 2 N–H and O–H groups in total. The highest BCUT2D eigenvalue weighted by atomic mass is 32.1. The molecule has 0 atom stereocenters. The van der Waals surface area contributed by atoms with Gasteiger partial charge in [-0.2, -0.15) is 5.10 Å². The van der Waals surface area contributed by atoms with E-state index in [-0.39, 0.29) is 16.1 Å². The van der Waals surface area contributed by atoms with E-state index < -0.39 is 0 Å². The Bertz CT molecular complexity index is 1870. The van der Waals surface area contributed by atoms with Crippen LogP contribution in [0.3, 0.4) is 0 Å². The van der Waals surface area contributed by atoms with Crippen LogP contribution in [0.25, 0.3) is 28.7 Å². The summed E-state index contributed by atoms with van der Waals surface area (Å²) in [7, 11) is 0. The van der Waals surface area contributed by atoms with Crippen molar-refractivity contribution in [1.29, 1.82) is 0 Å². The third kappa shape index (κ3) is 6.04. The van der Waals surface area contributed by atoms with Crippen molar-refractivity contribution >= 4 is 58.4 Å². The fourth-order valence-electron chi connectivity index (χ4n) is 4.83. The summed E-state index contributed by atoms with van der Waals surface area (Å²) in [4.78, 5) is 28.2. The van der Waals surface area contributed by atoms with Crippen molar-refractivity contribution in [3.05, 3.63) is 150 Å². The summed E-state index contributed by atoms with van der Waals surface area (Å²) in [5, 5.41) is 4.89. The van der Waals surface area contributed by atoms with Crippen LogP contribution in [0.4, 0.5) is 5.69 Å². The van der Waals surface area contributed by atoms with Crippen molar-refractivity contribution in [2.75, 3.05) is 4.90 Å². The van der Waals surface area contributed by atoms with Gasteiger partial charge in [0.1, 0.15) is 4.32 Å². The minimum Gasteiger partial charge on any atom is -0.283 e. The lowest BCUT2D eigenvalue weighted by Crippen LogP contribution is -2.38. The van der Waals surface area contributed by atoms with Gasteiger partial charge in [0.25, 0.3) is 11.8 Å². The quantitative estimate of drug-likeness (QED) is 0.0904. The van der Waals surface area contributed by atoms with Crippen molar-refractivity contribution in [3.63, 3.8) is 0 Å². The third-order valence-corrected chi connectivity index (χ3v) is 7.06. The van der Waals surface area contributed by atoms with E-state index in [0.29, 0.717) is 16.8 Å². The normalized spacial score (nSPS) is 13.6. The summed E-state index contributed by atoms with van der Waals surface area (Å²) in [6, 6.07) is 36.3. The van der Waals surface area contributed by atoms with Gasteiger partial charge in [-0.25, -0.2) is 4.68 Å². The van der Waals surface area contributed by atoms with Gasteiger partial charge in [0, 0.05) is 34.1 Å². The van der Waals surface area contributed by atoms with Gasteiger partial charge < -0.3 is 0 Å². The number of hydrogen-bond acceptors (Lipinski definition) is 4. The summed E-state index contributed by atoms with van der Waals surface area (Å²) < 4.78 is 1.97. The maximum Gasteiger partial charge on any atom is 0.269 e. The largest absolute Gasteiger partial charge is 0.283 e. The van der Waals surface area contributed by atoms with Gasteiger partial charge >= 0.3 is 0 Å². The van der Waals surface area contributed by atoms with Gasteiger partial charge in [0.15, 0.2) is 0 Å². The Morgan fingerprint density at radius 2 is 1.37 bits per heavy atom. The van der Waals surface area contributed by atoms with Crippen LogP contribution >= 0.6 is 24.8 Å². The van der Waals surface area contributed by atoms with E-state index in [2.05, 4.69) is 23.5 Å². The average Bonchev–Trinajstić information content (AvgIpc) is 3.62. The number of nitrogens with zero attached hydrogens (tertiary/aromatic N) is 3. The highest BCUT2D eigenvalue weighted by molar-refractivity contribution is 8.11. The summed E-state index contributed by atoms with van der Waals surface area (Å²) in [6.45, 7) is 0. The summed E-state index contributed by atoms with van der Waals surface area (Å²) in [5.74, 6) is -0.566. The predicted octanol–water partition coefficient (Wildman–Crippen LogP) is 6.46. The van der Waals surface area contributed by atoms with Crippen LogP contribution in [0.1, 0.15) is 21.5 Å². The number of para-hydroxylation sites is 1. The number of thiol groups is 1. The Balaban J connectivity index is 1.41. The van der Waals surface area contributed by atoms with Crippen LogP contribution in [0.15, 0.2) is 133 Å². The average molecular weight is 600 g/mol. The molecule has 1 aliphatic heterocycles. The molecule has 0 radical (unpaired) electrons. The van der Waals surface area contributed by atoms with E-state index in [4.69, 9.17) is 17.3 Å². The van der Waals surface area contributed by atoms with Crippen molar-refractivity contribution in [2.24, 2.45) is 0 Å². The number of carbonyl (C=O) groups excluding carboxylic acids is 2. The van der Waals surface area contributed by atoms with Crippen molar-refractivity contribution in [2.45, 2.75) is 0 Å². The van der Waals surface area contributed by atoms with E-state index in [1.54, 1.807) is 29.2 Å². The van der Waals surface area contributed by atoms with Gasteiger partial charge in [-0.05, 0) is 54.1 Å². The Morgan fingerprint density at radius 3 is 2.00 bits per heavy atom. The number of hydrazine groups is 1. The van der Waals surface area contributed by atoms with E-state index in [1.807, 2.05) is 114 Å². The van der Waals surface area contributed by atoms with E-state index in [9.17, 15) is 9.59 Å². The van der Waals surface area contributed by atoms with Gasteiger partial charge in [-0.1, -0.05) is 91.1 Å². The maximum absolute atomic E-state index is 14.1. The Morgan fingerprint density at radius 1 is 0.767 bits per heavy atom. The molecule has 9 heteroatoms. The first kappa shape index (κ1) is 27.9. The maximum atomic E-state index is 14.1. The van der Waals surface area contributed by atoms with Crippen LogP contribution in [-0.4, -0.2) is 25.9 Å². The van der Waals surface area contributed by atoms with Crippen LogP contribution < -0.4 is 15.8 Å². The van der Waals surface area contributed by atoms with Crippen molar-refractivity contribution in [3.8, 4) is 16.9 Å². The zero-order valence-corrected chi connectivity index (χ0v) is 24.4. The molecule has 0 bridgehead atoms. The number of nitrogens with one attached hydrogen (secondary N) is 2. The summed E-state index contributed by atoms with van der Waals surface area (Å²) in [6.07, 6.45) is 5.72. The van der Waals surface area contributed by atoms with Gasteiger partial charge in [-0.3, -0.25) is 25.3 Å². The van der Waals surface area contributed by atoms with Crippen LogP contribution in [0, 0.1) is 0 Å². The van der Waals surface area contributed by atoms with E-state index >= 15 is 0 Å². The third-order valence-electron chi connectivity index (χ3n) is 6.84. The molecule has 0 fully saturated rings. The lowest BCUT2D eigenvalue weighted by molar-refractivity contribution is -0.113. The lowest BCUT2D eigenvalue weighted by Gasteiger charge is -2.21. The monoisotopic (exact) mass is 599 g/mol. The molecular weight excluding hydrogens is 575 g/mol. The molecule has 2 heterocycles. The Kier molecular flexibility index (Phi) is 7.99. The fraction of sp³-hybridized carbons (Fsp3) is 0. The molecule has 4 aromatic carbocycles. The van der Waals surface area contributed by atoms with E-state index in [1.165, 1.54) is 0 Å². The smallest absolute Gasteiger partial charge is 0.269 e. The zero-order chi connectivity index (χ0) is 29.8. The number of benzene rings is 4. The second-order valence-electron chi connectivity index (χ2n) is 9.65. The second-order valence-corrected chi connectivity index (χ2v) is 10.8. The molecule has 0 saturated carbocycles. The van der Waals surface area contributed by atoms with Gasteiger partial charge in [0.05, 0.1) is 17.1 Å². The molecule has 210 valence electrons. The van der Waals surface area contributed by atoms with Gasteiger partial charge in [0.2, 0.25) is 0 Å². The molecule has 43 heavy (non-hydrogen) atoms. The molecule has 2 amide bonds. The first-order valence-corrected chi connectivity index (χ1v) is 14.3. The highest BCUT2D eigenvalue weighted by Gasteiger charge is 2.31. The van der Waals surface area contributed by atoms with Crippen LogP contribution in [-0.2, 0) is 4.79 Å². The molecule has 7 nitrogen and oxygen atoms in total. The fourth-order valence-corrected chi connectivity index (χ4v) is 4.94. The minimum atomic E-state index is -0.376. The minimum absolute atomic E-state index is 0.148. The topological polar surface area (TPSA) is 79.3 Å². The number of amides is 2. The molecule has 0 spiro atoms. The van der Waals surface area contributed by atoms with E-state index in [0.717, 1.165) is 33.8 Å². The number of carbonyl (C=O) groups is 2. The molecule has 1 aromatic heterocycles. The van der Waals surface area contributed by atoms with Crippen molar-refractivity contribution in [1.82, 2.24) is 20.6 Å². The highest BCUT2D eigenvalue weighted by Crippen LogP contribution is 2.36. The molecule has 0 unspecified atom stereocenters. The van der Waals surface area contributed by atoms with Gasteiger partial charge in [-0.15, -0.1) is 12.6 Å². The first-order valence-electron chi connectivity index (χ1n) is 13.4. The number of rotatable bonds is 6. The SMILES string of the molecule is O=C(NNC(=S)S)c1ccc(N2C(=O)/C(=C/c3cn(-c4ccccc4)nc3-c3ccccc3)C=C2c2ccccc2)cc1. The number of hydrogen-bond donors (Lipinski definition) is 3. The Hall–Kier alpha value is -5.25. The van der Waals surface area contributed by atoms with Crippen LogP contribution in [0.2, 0.25) is 0 Å². The molecule has 0 saturated heterocycles. The predicted molar refractivity (Wildman–Crippen MR) is 178 cm³/mol. The lowest BCUT2D eigenvalue weighted by atomic mass is 10.1. The second kappa shape index (κ2) is 12.3. The summed E-state index contributed by atoms with van der Waals surface area (Å²) in [5.41, 5.74) is 11.6. The Labute approximate surface area is 259 Å². The number of thiocarbonyl (C=S) groups is 1. The molecule has 1 aliphatic rings. The number of aromatic nitrogens is 2.